The molecular formula is C39H31NO8. The summed E-state index contributed by atoms with van der Waals surface area (Å²) < 4.78 is 17.0. The van der Waals surface area contributed by atoms with Crippen molar-refractivity contribution < 1.29 is 38.5 Å². The molecular weight excluding hydrogens is 610 g/mol. The van der Waals surface area contributed by atoms with E-state index in [0.29, 0.717) is 0 Å². The highest BCUT2D eigenvalue weighted by atomic mass is 16.6. The van der Waals surface area contributed by atoms with Crippen molar-refractivity contribution in [1.29, 1.82) is 0 Å². The van der Waals surface area contributed by atoms with Crippen molar-refractivity contribution in [2.45, 2.75) is 18.3 Å². The lowest BCUT2D eigenvalue weighted by molar-refractivity contribution is -0.0784. The molecule has 9 heteroatoms. The molecule has 3 atom stereocenters. The zero-order chi connectivity index (χ0) is 33.5. The van der Waals surface area contributed by atoms with E-state index >= 15 is 0 Å². The van der Waals surface area contributed by atoms with E-state index in [-0.39, 0.29) is 16.7 Å². The van der Waals surface area contributed by atoms with Gasteiger partial charge in [-0.3, -0.25) is 0 Å². The molecule has 0 aliphatic heterocycles. The number of oxime groups is 1. The molecule has 0 unspecified atom stereocenters. The number of ether oxygens (including phenoxy) is 3. The first-order valence-electron chi connectivity index (χ1n) is 15.2. The van der Waals surface area contributed by atoms with Crippen LogP contribution in [0.4, 0.5) is 0 Å². The highest BCUT2D eigenvalue weighted by molar-refractivity contribution is 5.98. The van der Waals surface area contributed by atoms with E-state index in [0.717, 1.165) is 38.5 Å². The highest BCUT2D eigenvalue weighted by Gasteiger charge is 2.36. The summed E-state index contributed by atoms with van der Waals surface area (Å²) >= 11 is 0. The van der Waals surface area contributed by atoms with Crippen LogP contribution in [-0.2, 0) is 19.0 Å². The van der Waals surface area contributed by atoms with E-state index in [1.807, 2.05) is 72.8 Å². The smallest absolute Gasteiger partial charge is 0.338 e. The number of carbonyl (C=O) groups excluding carboxylic acids is 3. The Labute approximate surface area is 275 Å². The molecule has 0 amide bonds. The second kappa shape index (κ2) is 14.6. The molecule has 0 fully saturated rings. The van der Waals surface area contributed by atoms with Crippen LogP contribution in [0.2, 0.25) is 0 Å². The standard InChI is InChI=1S/C39H31NO8/c1-45-40-23-35(47-38(43)32-18-15-26-9-3-6-12-29(26)21-32)36(48-39(44)33-19-16-27-10-4-7-13-30(27)22-33)34(41)24-46-37(42)31-17-14-25-8-2-5-11-28(25)20-31/h2-23,34-36,41H,24H2,1H3/b40-23+/t34-,35-,36-/m0/s1. The second-order valence-corrected chi connectivity index (χ2v) is 11.0. The number of aliphatic hydroxyl groups excluding tert-OH is 1. The molecule has 0 radical (unpaired) electrons. The fourth-order valence-electron chi connectivity index (χ4n) is 5.34. The van der Waals surface area contributed by atoms with Gasteiger partial charge in [-0.2, -0.15) is 0 Å². The molecule has 6 aromatic carbocycles. The van der Waals surface area contributed by atoms with Gasteiger partial charge in [0.15, 0.2) is 12.2 Å². The molecule has 0 bridgehead atoms. The van der Waals surface area contributed by atoms with E-state index in [1.54, 1.807) is 54.6 Å². The summed E-state index contributed by atoms with van der Waals surface area (Å²) in [5.74, 6) is -2.27. The summed E-state index contributed by atoms with van der Waals surface area (Å²) in [7, 11) is 1.29. The van der Waals surface area contributed by atoms with Gasteiger partial charge in [0, 0.05) is 0 Å². The molecule has 0 saturated heterocycles. The van der Waals surface area contributed by atoms with Crippen LogP contribution < -0.4 is 0 Å². The summed E-state index contributed by atoms with van der Waals surface area (Å²) in [6.45, 7) is -0.591. The van der Waals surface area contributed by atoms with Crippen molar-refractivity contribution in [2.75, 3.05) is 13.7 Å². The third-order valence-corrected chi connectivity index (χ3v) is 7.84. The van der Waals surface area contributed by atoms with Gasteiger partial charge >= 0.3 is 17.9 Å². The van der Waals surface area contributed by atoms with Crippen LogP contribution in [-0.4, -0.2) is 61.3 Å². The fraction of sp³-hybridized carbons (Fsp3) is 0.128. The van der Waals surface area contributed by atoms with Crippen molar-refractivity contribution in [3.63, 3.8) is 0 Å². The van der Waals surface area contributed by atoms with Gasteiger partial charge < -0.3 is 24.2 Å². The first-order valence-corrected chi connectivity index (χ1v) is 15.2. The fourth-order valence-corrected chi connectivity index (χ4v) is 5.34. The molecule has 0 aliphatic rings. The number of rotatable bonds is 11. The van der Waals surface area contributed by atoms with Crippen LogP contribution in [0.5, 0.6) is 0 Å². The highest BCUT2D eigenvalue weighted by Crippen LogP contribution is 2.22. The van der Waals surface area contributed by atoms with Crippen LogP contribution in [0.15, 0.2) is 133 Å². The van der Waals surface area contributed by atoms with E-state index in [1.165, 1.54) is 7.11 Å². The molecule has 6 rings (SSSR count). The quantitative estimate of drug-likeness (QED) is 0.0714. The van der Waals surface area contributed by atoms with Gasteiger partial charge in [-0.15, -0.1) is 0 Å². The van der Waals surface area contributed by atoms with Gasteiger partial charge in [-0.25, -0.2) is 14.4 Å². The van der Waals surface area contributed by atoms with E-state index < -0.39 is 42.8 Å². The van der Waals surface area contributed by atoms with E-state index in [2.05, 4.69) is 5.16 Å². The maximum Gasteiger partial charge on any atom is 0.338 e. The number of carbonyl (C=O) groups is 3. The lowest BCUT2D eigenvalue weighted by Crippen LogP contribution is -2.46. The van der Waals surface area contributed by atoms with Crippen molar-refractivity contribution in [2.24, 2.45) is 5.16 Å². The first kappa shape index (κ1) is 31.9. The summed E-state index contributed by atoms with van der Waals surface area (Å²) in [5, 5.41) is 20.4. The van der Waals surface area contributed by atoms with Gasteiger partial charge in [0.05, 0.1) is 22.9 Å². The average Bonchev–Trinajstić information content (AvgIpc) is 3.13. The molecule has 0 aliphatic carbocycles. The monoisotopic (exact) mass is 641 g/mol. The summed E-state index contributed by atoms with van der Waals surface area (Å²) in [4.78, 5) is 44.8. The number of esters is 3. The first-order chi connectivity index (χ1) is 23.4. The topological polar surface area (TPSA) is 121 Å². The number of aliphatic hydroxyl groups is 1. The van der Waals surface area contributed by atoms with Gasteiger partial charge in [-0.1, -0.05) is 96.2 Å². The van der Waals surface area contributed by atoms with E-state index in [9.17, 15) is 19.5 Å². The zero-order valence-corrected chi connectivity index (χ0v) is 25.9. The Morgan fingerprint density at radius 3 is 1.48 bits per heavy atom. The van der Waals surface area contributed by atoms with Gasteiger partial charge in [0.25, 0.3) is 0 Å². The lowest BCUT2D eigenvalue weighted by Gasteiger charge is -2.28. The molecule has 0 spiro atoms. The molecule has 240 valence electrons. The maximum absolute atomic E-state index is 13.5. The second-order valence-electron chi connectivity index (χ2n) is 11.0. The Hall–Kier alpha value is -6.06. The van der Waals surface area contributed by atoms with Crippen molar-refractivity contribution in [1.82, 2.24) is 0 Å². The average molecular weight is 642 g/mol. The predicted molar refractivity (Wildman–Crippen MR) is 182 cm³/mol. The Balaban J connectivity index is 1.27. The summed E-state index contributed by atoms with van der Waals surface area (Å²) in [5.41, 5.74) is 0.689. The Morgan fingerprint density at radius 2 is 1.02 bits per heavy atom. The minimum atomic E-state index is -1.64. The number of hydrogen-bond acceptors (Lipinski definition) is 9. The van der Waals surface area contributed by atoms with Crippen molar-refractivity contribution in [3.8, 4) is 0 Å². The predicted octanol–water partition coefficient (Wildman–Crippen LogP) is 6.75. The maximum atomic E-state index is 13.5. The lowest BCUT2D eigenvalue weighted by atomic mass is 10.1. The van der Waals surface area contributed by atoms with Gasteiger partial charge in [-0.05, 0) is 68.7 Å². The van der Waals surface area contributed by atoms with Crippen molar-refractivity contribution in [3.05, 3.63) is 144 Å². The Bertz CT molecular complexity index is 2140. The van der Waals surface area contributed by atoms with Crippen LogP contribution in [0.25, 0.3) is 32.3 Å². The van der Waals surface area contributed by atoms with Crippen molar-refractivity contribution >= 4 is 56.4 Å². The molecule has 0 saturated carbocycles. The molecule has 1 N–H and O–H groups in total. The van der Waals surface area contributed by atoms with Gasteiger partial charge in [0.1, 0.15) is 19.8 Å². The Kier molecular flexibility index (Phi) is 9.69. The van der Waals surface area contributed by atoms with Crippen LogP contribution >= 0.6 is 0 Å². The number of nitrogens with zero attached hydrogens (tertiary/aromatic N) is 1. The Morgan fingerprint density at radius 1 is 0.604 bits per heavy atom. The third-order valence-electron chi connectivity index (χ3n) is 7.84. The largest absolute Gasteiger partial charge is 0.459 e. The van der Waals surface area contributed by atoms with Crippen LogP contribution in [0, 0.1) is 0 Å². The van der Waals surface area contributed by atoms with Crippen LogP contribution in [0.1, 0.15) is 31.1 Å². The number of benzene rings is 6. The molecule has 0 heterocycles. The SMILES string of the molecule is CO/N=C/[C@H](OC(=O)c1ccc2ccccc2c1)[C@@H](OC(=O)c1ccc2ccccc2c1)[C@@H](O)COC(=O)c1ccc2ccccc2c1. The van der Waals surface area contributed by atoms with Crippen LogP contribution in [0.3, 0.4) is 0 Å². The molecule has 0 aromatic heterocycles. The van der Waals surface area contributed by atoms with Gasteiger partial charge in [0.2, 0.25) is 0 Å². The minimum absolute atomic E-state index is 0.197. The van der Waals surface area contributed by atoms with E-state index in [4.69, 9.17) is 19.0 Å². The number of hydrogen-bond donors (Lipinski definition) is 1. The minimum Gasteiger partial charge on any atom is -0.459 e. The molecule has 48 heavy (non-hydrogen) atoms. The zero-order valence-electron chi connectivity index (χ0n) is 25.9. The normalized spacial score (nSPS) is 13.2. The molecule has 6 aromatic rings. The summed E-state index contributed by atoms with van der Waals surface area (Å²) in [6.07, 6.45) is -3.54. The summed E-state index contributed by atoms with van der Waals surface area (Å²) in [6, 6.07) is 37.7. The number of fused-ring (bicyclic) bond motifs is 3. The third kappa shape index (κ3) is 7.32. The molecule has 9 nitrogen and oxygen atoms in total.